The summed E-state index contributed by atoms with van der Waals surface area (Å²) < 4.78 is 10.4. The zero-order valence-electron chi connectivity index (χ0n) is 15.5. The van der Waals surface area contributed by atoms with E-state index in [9.17, 15) is 9.59 Å². The van der Waals surface area contributed by atoms with Crippen LogP contribution < -0.4 is 10.1 Å². The van der Waals surface area contributed by atoms with Gasteiger partial charge in [-0.1, -0.05) is 29.8 Å². The van der Waals surface area contributed by atoms with E-state index in [0.29, 0.717) is 24.5 Å². The first-order valence-electron chi connectivity index (χ1n) is 8.79. The van der Waals surface area contributed by atoms with E-state index in [1.54, 1.807) is 31.2 Å². The number of carbonyl (C=O) groups is 2. The number of rotatable bonds is 8. The molecule has 0 aromatic heterocycles. The van der Waals surface area contributed by atoms with E-state index in [2.05, 4.69) is 5.32 Å². The van der Waals surface area contributed by atoms with Crippen molar-refractivity contribution in [3.8, 4) is 5.75 Å². The molecule has 0 saturated heterocycles. The van der Waals surface area contributed by atoms with E-state index < -0.39 is 6.04 Å². The average molecular weight is 355 g/mol. The average Bonchev–Trinajstić information content (AvgIpc) is 2.63. The van der Waals surface area contributed by atoms with Crippen LogP contribution in [0.1, 0.15) is 47.8 Å². The molecule has 0 radical (unpaired) electrons. The number of nitrogens with one attached hydrogen (secondary N) is 1. The molecule has 1 atom stereocenters. The summed E-state index contributed by atoms with van der Waals surface area (Å²) in [5.74, 6) is 0.124. The highest BCUT2D eigenvalue weighted by molar-refractivity contribution is 5.94. The number of aryl methyl sites for hydroxylation is 1. The molecule has 5 heteroatoms. The van der Waals surface area contributed by atoms with Crippen LogP contribution in [-0.4, -0.2) is 25.1 Å². The van der Waals surface area contributed by atoms with Gasteiger partial charge in [0, 0.05) is 5.56 Å². The fourth-order valence-electron chi connectivity index (χ4n) is 2.55. The molecular weight excluding hydrogens is 330 g/mol. The molecule has 0 aliphatic heterocycles. The molecule has 0 unspecified atom stereocenters. The molecule has 0 spiro atoms. The zero-order valence-corrected chi connectivity index (χ0v) is 15.5. The van der Waals surface area contributed by atoms with Gasteiger partial charge in [-0.2, -0.15) is 0 Å². The molecule has 0 saturated carbocycles. The summed E-state index contributed by atoms with van der Waals surface area (Å²) in [6.45, 7) is 6.54. The molecule has 2 rings (SSSR count). The van der Waals surface area contributed by atoms with E-state index >= 15 is 0 Å². The lowest BCUT2D eigenvalue weighted by molar-refractivity contribution is -0.143. The Morgan fingerprint density at radius 2 is 1.62 bits per heavy atom. The van der Waals surface area contributed by atoms with Crippen LogP contribution in [0.3, 0.4) is 0 Å². The monoisotopic (exact) mass is 355 g/mol. The fourth-order valence-corrected chi connectivity index (χ4v) is 2.55. The highest BCUT2D eigenvalue weighted by Crippen LogP contribution is 2.20. The minimum atomic E-state index is -0.450. The van der Waals surface area contributed by atoms with Gasteiger partial charge >= 0.3 is 5.97 Å². The number of carbonyl (C=O) groups excluding carboxylic acids is 2. The predicted octanol–water partition coefficient (Wildman–Crippen LogP) is 3.82. The molecule has 2 aromatic rings. The standard InChI is InChI=1S/C21H25NO4/c1-4-25-18-12-10-17(11-13-18)21(24)22-19(14-20(23)26-5-2)16-8-6-15(3)7-9-16/h6-13,19H,4-5,14H2,1-3H3,(H,22,24)/t19-/m0/s1. The van der Waals surface area contributed by atoms with Crippen molar-refractivity contribution in [2.45, 2.75) is 33.2 Å². The van der Waals surface area contributed by atoms with Crippen molar-refractivity contribution < 1.29 is 19.1 Å². The first-order chi connectivity index (χ1) is 12.5. The maximum Gasteiger partial charge on any atom is 0.308 e. The number of ether oxygens (including phenoxy) is 2. The molecule has 0 bridgehead atoms. The van der Waals surface area contributed by atoms with Gasteiger partial charge in [0.15, 0.2) is 0 Å². The summed E-state index contributed by atoms with van der Waals surface area (Å²) in [6.07, 6.45) is 0.0830. The highest BCUT2D eigenvalue weighted by atomic mass is 16.5. The quantitative estimate of drug-likeness (QED) is 0.731. The van der Waals surface area contributed by atoms with Crippen molar-refractivity contribution in [1.82, 2.24) is 5.32 Å². The molecule has 1 amide bonds. The molecule has 1 N–H and O–H groups in total. The van der Waals surface area contributed by atoms with Gasteiger partial charge in [0.2, 0.25) is 0 Å². The summed E-state index contributed by atoms with van der Waals surface area (Å²) >= 11 is 0. The molecule has 5 nitrogen and oxygen atoms in total. The lowest BCUT2D eigenvalue weighted by Crippen LogP contribution is -2.30. The van der Waals surface area contributed by atoms with Crippen molar-refractivity contribution >= 4 is 11.9 Å². The van der Waals surface area contributed by atoms with Gasteiger partial charge in [0.25, 0.3) is 5.91 Å². The predicted molar refractivity (Wildman–Crippen MR) is 100 cm³/mol. The Morgan fingerprint density at radius 3 is 2.19 bits per heavy atom. The number of hydrogen-bond donors (Lipinski definition) is 1. The lowest BCUT2D eigenvalue weighted by atomic mass is 10.0. The second-order valence-corrected chi connectivity index (χ2v) is 5.90. The summed E-state index contributed by atoms with van der Waals surface area (Å²) in [7, 11) is 0. The zero-order chi connectivity index (χ0) is 18.9. The Hall–Kier alpha value is -2.82. The number of hydrogen-bond acceptors (Lipinski definition) is 4. The summed E-state index contributed by atoms with van der Waals surface area (Å²) in [6, 6.07) is 14.2. The molecule has 0 heterocycles. The van der Waals surface area contributed by atoms with Crippen LogP contribution in [-0.2, 0) is 9.53 Å². The van der Waals surface area contributed by atoms with Crippen molar-refractivity contribution in [2.24, 2.45) is 0 Å². The Morgan fingerprint density at radius 1 is 0.962 bits per heavy atom. The van der Waals surface area contributed by atoms with E-state index in [0.717, 1.165) is 11.1 Å². The second-order valence-electron chi connectivity index (χ2n) is 5.90. The maximum atomic E-state index is 12.6. The molecular formula is C21H25NO4. The molecule has 0 aliphatic carbocycles. The topological polar surface area (TPSA) is 64.6 Å². The Kier molecular flexibility index (Phi) is 7.21. The van der Waals surface area contributed by atoms with E-state index in [1.807, 2.05) is 38.1 Å². The van der Waals surface area contributed by atoms with Crippen LogP contribution in [0, 0.1) is 6.92 Å². The van der Waals surface area contributed by atoms with Gasteiger partial charge in [-0.15, -0.1) is 0 Å². The summed E-state index contributed by atoms with van der Waals surface area (Å²) in [5, 5.41) is 2.93. The second kappa shape index (κ2) is 9.61. The SMILES string of the molecule is CCOC(=O)C[C@H](NC(=O)c1ccc(OCC)cc1)c1ccc(C)cc1. The Bertz CT molecular complexity index is 723. The number of benzene rings is 2. The normalized spacial score (nSPS) is 11.5. The van der Waals surface area contributed by atoms with Crippen LogP contribution >= 0.6 is 0 Å². The molecule has 2 aromatic carbocycles. The highest BCUT2D eigenvalue weighted by Gasteiger charge is 2.20. The number of amides is 1. The van der Waals surface area contributed by atoms with E-state index in [4.69, 9.17) is 9.47 Å². The van der Waals surface area contributed by atoms with Gasteiger partial charge in [-0.05, 0) is 50.6 Å². The summed E-state index contributed by atoms with van der Waals surface area (Å²) in [5.41, 5.74) is 2.49. The van der Waals surface area contributed by atoms with Gasteiger partial charge in [-0.25, -0.2) is 0 Å². The van der Waals surface area contributed by atoms with Crippen molar-refractivity contribution in [1.29, 1.82) is 0 Å². The van der Waals surface area contributed by atoms with Gasteiger partial charge in [-0.3, -0.25) is 9.59 Å². The Labute approximate surface area is 154 Å². The minimum absolute atomic E-state index is 0.0830. The van der Waals surface area contributed by atoms with E-state index in [-0.39, 0.29) is 18.3 Å². The molecule has 138 valence electrons. The van der Waals surface area contributed by atoms with Gasteiger partial charge in [0.05, 0.1) is 25.7 Å². The molecule has 0 aliphatic rings. The Balaban J connectivity index is 2.15. The largest absolute Gasteiger partial charge is 0.494 e. The van der Waals surface area contributed by atoms with Crippen molar-refractivity contribution in [2.75, 3.05) is 13.2 Å². The first kappa shape index (κ1) is 19.5. The number of esters is 1. The minimum Gasteiger partial charge on any atom is -0.494 e. The first-order valence-corrected chi connectivity index (χ1v) is 8.79. The lowest BCUT2D eigenvalue weighted by Gasteiger charge is -2.19. The van der Waals surface area contributed by atoms with Crippen LogP contribution in [0.15, 0.2) is 48.5 Å². The fraction of sp³-hybridized carbons (Fsp3) is 0.333. The maximum absolute atomic E-state index is 12.6. The smallest absolute Gasteiger partial charge is 0.308 e. The van der Waals surface area contributed by atoms with Gasteiger partial charge in [0.1, 0.15) is 5.75 Å². The molecule has 0 fully saturated rings. The van der Waals surface area contributed by atoms with Crippen LogP contribution in [0.2, 0.25) is 0 Å². The third kappa shape index (κ3) is 5.62. The van der Waals surface area contributed by atoms with Crippen LogP contribution in [0.5, 0.6) is 5.75 Å². The summed E-state index contributed by atoms with van der Waals surface area (Å²) in [4.78, 5) is 24.5. The van der Waals surface area contributed by atoms with Crippen LogP contribution in [0.4, 0.5) is 0 Å². The van der Waals surface area contributed by atoms with E-state index in [1.165, 1.54) is 0 Å². The molecule has 26 heavy (non-hydrogen) atoms. The van der Waals surface area contributed by atoms with Crippen molar-refractivity contribution in [3.05, 3.63) is 65.2 Å². The third-order valence-corrected chi connectivity index (χ3v) is 3.89. The van der Waals surface area contributed by atoms with Crippen molar-refractivity contribution in [3.63, 3.8) is 0 Å². The van der Waals surface area contributed by atoms with Crippen LogP contribution in [0.25, 0.3) is 0 Å². The third-order valence-electron chi connectivity index (χ3n) is 3.89. The van der Waals surface area contributed by atoms with Gasteiger partial charge < -0.3 is 14.8 Å².